The molecule has 1 saturated carbocycles. The minimum Gasteiger partial charge on any atom is -0.481 e. The lowest BCUT2D eigenvalue weighted by molar-refractivity contribution is -0.139. The highest BCUT2D eigenvalue weighted by molar-refractivity contribution is 7.07. The van der Waals surface area contributed by atoms with Crippen LogP contribution in [-0.4, -0.2) is 26.2 Å². The van der Waals surface area contributed by atoms with Crippen LogP contribution in [0.25, 0.3) is 11.5 Å². The lowest BCUT2D eigenvalue weighted by Gasteiger charge is -2.24. The average Bonchev–Trinajstić information content (AvgIpc) is 3.08. The smallest absolute Gasteiger partial charge is 0.303 e. The third-order valence-electron chi connectivity index (χ3n) is 3.85. The summed E-state index contributed by atoms with van der Waals surface area (Å²) in [5.41, 5.74) is 2.19. The molecular weight excluding hydrogens is 278 g/mol. The molecule has 1 aliphatic rings. The standard InChI is InChI=1S/C13H15N3O3S/c17-11(18)6-13(3-1-2-4-13)5-10-15-12(16-19-10)9-7-20-8-14-9/h7-8H,1-6H2,(H,17,18). The normalized spacial score (nSPS) is 17.4. The summed E-state index contributed by atoms with van der Waals surface area (Å²) < 4.78 is 5.27. The van der Waals surface area contributed by atoms with E-state index < -0.39 is 5.97 Å². The summed E-state index contributed by atoms with van der Waals surface area (Å²) >= 11 is 1.47. The van der Waals surface area contributed by atoms with Gasteiger partial charge in [0.15, 0.2) is 0 Å². The van der Waals surface area contributed by atoms with Gasteiger partial charge in [-0.15, -0.1) is 11.3 Å². The zero-order valence-corrected chi connectivity index (χ0v) is 11.7. The monoisotopic (exact) mass is 293 g/mol. The highest BCUT2D eigenvalue weighted by Crippen LogP contribution is 2.43. The average molecular weight is 293 g/mol. The van der Waals surface area contributed by atoms with Crippen molar-refractivity contribution in [1.29, 1.82) is 0 Å². The molecule has 2 aromatic heterocycles. The number of aromatic nitrogens is 3. The molecule has 20 heavy (non-hydrogen) atoms. The Bertz CT molecular complexity index is 588. The van der Waals surface area contributed by atoms with Gasteiger partial charge >= 0.3 is 5.97 Å². The zero-order chi connectivity index (χ0) is 14.0. The molecule has 0 bridgehead atoms. The summed E-state index contributed by atoms with van der Waals surface area (Å²) in [7, 11) is 0. The Kier molecular flexibility index (Phi) is 3.52. The summed E-state index contributed by atoms with van der Waals surface area (Å²) in [6.45, 7) is 0. The number of hydrogen-bond acceptors (Lipinski definition) is 6. The first kappa shape index (κ1) is 13.2. The Labute approximate surface area is 119 Å². The minimum atomic E-state index is -0.758. The maximum atomic E-state index is 11.1. The van der Waals surface area contributed by atoms with Gasteiger partial charge in [-0.1, -0.05) is 18.0 Å². The van der Waals surface area contributed by atoms with Crippen molar-refractivity contribution in [1.82, 2.24) is 15.1 Å². The Morgan fingerprint density at radius 3 is 2.90 bits per heavy atom. The quantitative estimate of drug-likeness (QED) is 0.911. The van der Waals surface area contributed by atoms with Gasteiger partial charge in [-0.05, 0) is 18.3 Å². The fraction of sp³-hybridized carbons (Fsp3) is 0.538. The van der Waals surface area contributed by atoms with Crippen molar-refractivity contribution < 1.29 is 14.4 Å². The van der Waals surface area contributed by atoms with Crippen LogP contribution in [0.1, 0.15) is 38.0 Å². The van der Waals surface area contributed by atoms with Gasteiger partial charge in [0.25, 0.3) is 0 Å². The van der Waals surface area contributed by atoms with Crippen LogP contribution >= 0.6 is 11.3 Å². The topological polar surface area (TPSA) is 89.1 Å². The van der Waals surface area contributed by atoms with Crippen LogP contribution in [0.5, 0.6) is 0 Å². The van der Waals surface area contributed by atoms with Crippen LogP contribution in [0.4, 0.5) is 0 Å². The largest absolute Gasteiger partial charge is 0.481 e. The molecule has 1 fully saturated rings. The molecule has 1 N–H and O–H groups in total. The van der Waals surface area contributed by atoms with E-state index in [4.69, 9.17) is 9.63 Å². The maximum absolute atomic E-state index is 11.1. The fourth-order valence-electron chi connectivity index (χ4n) is 2.94. The van der Waals surface area contributed by atoms with Crippen molar-refractivity contribution in [3.8, 4) is 11.5 Å². The molecule has 6 nitrogen and oxygen atoms in total. The van der Waals surface area contributed by atoms with E-state index in [1.165, 1.54) is 11.3 Å². The molecule has 0 unspecified atom stereocenters. The molecule has 2 heterocycles. The lowest BCUT2D eigenvalue weighted by Crippen LogP contribution is -2.23. The van der Waals surface area contributed by atoms with E-state index in [1.54, 1.807) is 5.51 Å². The number of hydrogen-bond donors (Lipinski definition) is 1. The third kappa shape index (κ3) is 2.72. The van der Waals surface area contributed by atoms with Crippen LogP contribution in [0, 0.1) is 5.41 Å². The molecular formula is C13H15N3O3S. The molecule has 0 radical (unpaired) electrons. The van der Waals surface area contributed by atoms with E-state index >= 15 is 0 Å². The Morgan fingerprint density at radius 2 is 2.25 bits per heavy atom. The summed E-state index contributed by atoms with van der Waals surface area (Å²) in [6.07, 6.45) is 4.67. The SMILES string of the molecule is O=C(O)CC1(Cc2nc(-c3cscn3)no2)CCCC1. The Hall–Kier alpha value is -1.76. The predicted molar refractivity (Wildman–Crippen MR) is 72.3 cm³/mol. The second-order valence-electron chi connectivity index (χ2n) is 5.34. The van der Waals surface area contributed by atoms with E-state index in [9.17, 15) is 4.79 Å². The molecule has 0 amide bonds. The second kappa shape index (κ2) is 5.32. The number of carbonyl (C=O) groups is 1. The third-order valence-corrected chi connectivity index (χ3v) is 4.43. The van der Waals surface area contributed by atoms with Crippen LogP contribution in [-0.2, 0) is 11.2 Å². The summed E-state index contributed by atoms with van der Waals surface area (Å²) in [5.74, 6) is 0.229. The summed E-state index contributed by atoms with van der Waals surface area (Å²) in [5, 5.41) is 14.9. The second-order valence-corrected chi connectivity index (χ2v) is 6.06. The molecule has 0 spiro atoms. The van der Waals surface area contributed by atoms with Crippen molar-refractivity contribution in [2.75, 3.05) is 0 Å². The van der Waals surface area contributed by atoms with Gasteiger partial charge in [0.05, 0.1) is 11.9 Å². The molecule has 106 valence electrons. The van der Waals surface area contributed by atoms with Crippen molar-refractivity contribution in [2.24, 2.45) is 5.41 Å². The molecule has 3 rings (SSSR count). The van der Waals surface area contributed by atoms with Gasteiger partial charge in [0, 0.05) is 11.8 Å². The summed E-state index contributed by atoms with van der Waals surface area (Å²) in [6, 6.07) is 0. The Morgan fingerprint density at radius 1 is 1.45 bits per heavy atom. The molecule has 0 aromatic carbocycles. The lowest BCUT2D eigenvalue weighted by atomic mass is 9.79. The molecule has 0 saturated heterocycles. The zero-order valence-electron chi connectivity index (χ0n) is 10.9. The number of nitrogens with zero attached hydrogens (tertiary/aromatic N) is 3. The predicted octanol–water partition coefficient (Wildman–Crippen LogP) is 2.77. The number of rotatable bonds is 5. The molecule has 0 atom stereocenters. The van der Waals surface area contributed by atoms with E-state index in [2.05, 4.69) is 15.1 Å². The van der Waals surface area contributed by atoms with Gasteiger partial charge in [-0.3, -0.25) is 4.79 Å². The highest BCUT2D eigenvalue weighted by Gasteiger charge is 2.38. The maximum Gasteiger partial charge on any atom is 0.303 e. The van der Waals surface area contributed by atoms with Crippen molar-refractivity contribution in [3.05, 3.63) is 16.8 Å². The minimum absolute atomic E-state index is 0.168. The van der Waals surface area contributed by atoms with Gasteiger partial charge in [0.1, 0.15) is 5.69 Å². The molecule has 2 aromatic rings. The number of carboxylic acid groups (broad SMARTS) is 1. The van der Waals surface area contributed by atoms with E-state index in [1.807, 2.05) is 5.38 Å². The first-order chi connectivity index (χ1) is 9.67. The summed E-state index contributed by atoms with van der Waals surface area (Å²) in [4.78, 5) is 19.5. The molecule has 7 heteroatoms. The van der Waals surface area contributed by atoms with E-state index in [-0.39, 0.29) is 11.8 Å². The first-order valence-electron chi connectivity index (χ1n) is 6.60. The van der Waals surface area contributed by atoms with Crippen LogP contribution in [0.15, 0.2) is 15.4 Å². The van der Waals surface area contributed by atoms with Crippen LogP contribution in [0.3, 0.4) is 0 Å². The van der Waals surface area contributed by atoms with Gasteiger partial charge in [-0.25, -0.2) is 4.98 Å². The van der Waals surface area contributed by atoms with Crippen LogP contribution in [0.2, 0.25) is 0 Å². The fourth-order valence-corrected chi connectivity index (χ4v) is 3.47. The van der Waals surface area contributed by atoms with E-state index in [0.717, 1.165) is 25.7 Å². The molecule has 1 aliphatic carbocycles. The van der Waals surface area contributed by atoms with Crippen molar-refractivity contribution >= 4 is 17.3 Å². The number of aliphatic carboxylic acids is 1. The van der Waals surface area contributed by atoms with Crippen molar-refractivity contribution in [3.63, 3.8) is 0 Å². The van der Waals surface area contributed by atoms with Gasteiger partial charge in [-0.2, -0.15) is 4.98 Å². The number of thiazole rings is 1. The van der Waals surface area contributed by atoms with E-state index in [0.29, 0.717) is 23.8 Å². The van der Waals surface area contributed by atoms with Gasteiger partial charge in [0.2, 0.25) is 11.7 Å². The highest BCUT2D eigenvalue weighted by atomic mass is 32.1. The van der Waals surface area contributed by atoms with Crippen LogP contribution < -0.4 is 0 Å². The first-order valence-corrected chi connectivity index (χ1v) is 7.54. The Balaban J connectivity index is 1.77. The molecule has 0 aliphatic heterocycles. The number of carboxylic acids is 1. The van der Waals surface area contributed by atoms with Crippen molar-refractivity contribution in [2.45, 2.75) is 38.5 Å². The van der Waals surface area contributed by atoms with Gasteiger partial charge < -0.3 is 9.63 Å².